The molecule has 164 valence electrons. The highest BCUT2D eigenvalue weighted by molar-refractivity contribution is 7.99. The van der Waals surface area contributed by atoms with Gasteiger partial charge in [0, 0.05) is 11.1 Å². The van der Waals surface area contributed by atoms with Crippen molar-refractivity contribution < 1.29 is 9.21 Å². The average Bonchev–Trinajstić information content (AvgIpc) is 3.18. The number of aromatic nitrogens is 2. The van der Waals surface area contributed by atoms with E-state index in [0.717, 1.165) is 22.2 Å². The normalized spacial score (nSPS) is 11.2. The van der Waals surface area contributed by atoms with E-state index in [1.807, 2.05) is 86.6 Å². The van der Waals surface area contributed by atoms with Crippen LogP contribution in [0.4, 0.5) is 5.69 Å². The van der Waals surface area contributed by atoms with Crippen molar-refractivity contribution in [3.63, 3.8) is 0 Å². The van der Waals surface area contributed by atoms with Gasteiger partial charge in [0.05, 0.1) is 11.4 Å². The van der Waals surface area contributed by atoms with Crippen LogP contribution in [0.2, 0.25) is 0 Å². The maximum absolute atomic E-state index is 13.5. The van der Waals surface area contributed by atoms with Gasteiger partial charge in [-0.05, 0) is 55.3 Å². The van der Waals surface area contributed by atoms with Gasteiger partial charge in [-0.25, -0.2) is 4.98 Å². The van der Waals surface area contributed by atoms with Crippen LogP contribution in [0.1, 0.15) is 11.1 Å². The summed E-state index contributed by atoms with van der Waals surface area (Å²) in [5, 5.41) is 4.14. The Kier molecular flexibility index (Phi) is 5.48. The van der Waals surface area contributed by atoms with Crippen LogP contribution in [-0.2, 0) is 4.79 Å². The average molecular weight is 456 g/mol. The standard InChI is InChI=1S/C26H21N3O3S/c1-16-8-7-10-18(14-16)29-25(31)24-23(19-11-4-6-13-21(19)32-24)28-26(29)33-15-22(30)27-20-12-5-3-9-17(20)2/h3-14H,15H2,1-2H3,(H,27,30). The number of hydrogen-bond donors (Lipinski definition) is 1. The fraction of sp³-hybridized carbons (Fsp3) is 0.115. The van der Waals surface area contributed by atoms with Gasteiger partial charge in [0.1, 0.15) is 11.1 Å². The van der Waals surface area contributed by atoms with Crippen LogP contribution in [0, 0.1) is 13.8 Å². The molecule has 0 radical (unpaired) electrons. The fourth-order valence-corrected chi connectivity index (χ4v) is 4.55. The summed E-state index contributed by atoms with van der Waals surface area (Å²) in [5.41, 5.74) is 4.44. The number of rotatable bonds is 5. The Labute approximate surface area is 194 Å². The Bertz CT molecular complexity index is 1570. The first kappa shape index (κ1) is 21.0. The minimum absolute atomic E-state index is 0.105. The molecule has 0 saturated heterocycles. The Morgan fingerprint density at radius 2 is 1.82 bits per heavy atom. The van der Waals surface area contributed by atoms with E-state index in [1.165, 1.54) is 16.3 Å². The zero-order valence-corrected chi connectivity index (χ0v) is 19.0. The van der Waals surface area contributed by atoms with Crippen LogP contribution in [-0.4, -0.2) is 21.2 Å². The summed E-state index contributed by atoms with van der Waals surface area (Å²) < 4.78 is 7.38. The summed E-state index contributed by atoms with van der Waals surface area (Å²) in [6.45, 7) is 3.90. The first-order chi connectivity index (χ1) is 16.0. The monoisotopic (exact) mass is 455 g/mol. The van der Waals surface area contributed by atoms with Gasteiger partial charge >= 0.3 is 5.56 Å². The van der Waals surface area contributed by atoms with Gasteiger partial charge in [-0.15, -0.1) is 0 Å². The van der Waals surface area contributed by atoms with Gasteiger partial charge in [0.25, 0.3) is 0 Å². The first-order valence-corrected chi connectivity index (χ1v) is 11.5. The lowest BCUT2D eigenvalue weighted by Crippen LogP contribution is -2.22. The molecule has 1 N–H and O–H groups in total. The predicted molar refractivity (Wildman–Crippen MR) is 132 cm³/mol. The third kappa shape index (κ3) is 4.03. The third-order valence-electron chi connectivity index (χ3n) is 5.38. The number of anilines is 1. The number of fused-ring (bicyclic) bond motifs is 3. The molecule has 0 atom stereocenters. The van der Waals surface area contributed by atoms with E-state index in [2.05, 4.69) is 5.32 Å². The molecule has 3 aromatic carbocycles. The maximum atomic E-state index is 13.5. The Morgan fingerprint density at radius 1 is 1.03 bits per heavy atom. The Hall–Kier alpha value is -3.84. The van der Waals surface area contributed by atoms with E-state index in [-0.39, 0.29) is 22.8 Å². The summed E-state index contributed by atoms with van der Waals surface area (Å²) in [7, 11) is 0. The molecule has 5 aromatic rings. The van der Waals surface area contributed by atoms with Crippen molar-refractivity contribution in [1.82, 2.24) is 9.55 Å². The van der Waals surface area contributed by atoms with Crippen LogP contribution in [0.25, 0.3) is 27.8 Å². The van der Waals surface area contributed by atoms with Crippen molar-refractivity contribution in [3.8, 4) is 5.69 Å². The summed E-state index contributed by atoms with van der Waals surface area (Å²) in [6.07, 6.45) is 0. The molecule has 0 spiro atoms. The summed E-state index contributed by atoms with van der Waals surface area (Å²) in [5.74, 6) is -0.0649. The van der Waals surface area contributed by atoms with E-state index in [4.69, 9.17) is 9.40 Å². The molecule has 2 aromatic heterocycles. The molecule has 0 saturated carbocycles. The second kappa shape index (κ2) is 8.60. The molecule has 0 aliphatic heterocycles. The molecular formula is C26H21N3O3S. The van der Waals surface area contributed by atoms with Gasteiger partial charge in [0.15, 0.2) is 5.16 Å². The quantitative estimate of drug-likeness (QED) is 0.281. The second-order valence-electron chi connectivity index (χ2n) is 7.80. The molecule has 1 amide bonds. The molecule has 0 bridgehead atoms. The van der Waals surface area contributed by atoms with Crippen LogP contribution in [0.3, 0.4) is 0 Å². The van der Waals surface area contributed by atoms with Crippen LogP contribution in [0.15, 0.2) is 87.2 Å². The predicted octanol–water partition coefficient (Wildman–Crippen LogP) is 5.48. The minimum Gasteiger partial charge on any atom is -0.448 e. The van der Waals surface area contributed by atoms with Crippen molar-refractivity contribution >= 4 is 45.4 Å². The molecule has 0 aliphatic rings. The van der Waals surface area contributed by atoms with Crippen molar-refractivity contribution in [2.24, 2.45) is 0 Å². The Morgan fingerprint density at radius 3 is 2.64 bits per heavy atom. The van der Waals surface area contributed by atoms with Gasteiger partial charge in [0.2, 0.25) is 11.5 Å². The number of carbonyl (C=O) groups is 1. The SMILES string of the molecule is Cc1cccc(-n2c(SCC(=O)Nc3ccccc3C)nc3c(oc4ccccc43)c2=O)c1. The number of carbonyl (C=O) groups excluding carboxylic acids is 1. The zero-order chi connectivity index (χ0) is 22.9. The number of thioether (sulfide) groups is 1. The lowest BCUT2D eigenvalue weighted by molar-refractivity contribution is -0.113. The summed E-state index contributed by atoms with van der Waals surface area (Å²) in [6, 6.07) is 22.7. The van der Waals surface area contributed by atoms with E-state index in [1.54, 1.807) is 0 Å². The maximum Gasteiger partial charge on any atom is 0.302 e. The number of hydrogen-bond acceptors (Lipinski definition) is 5. The largest absolute Gasteiger partial charge is 0.448 e. The number of furan rings is 1. The van der Waals surface area contributed by atoms with E-state index >= 15 is 0 Å². The van der Waals surface area contributed by atoms with Gasteiger partial charge in [-0.3, -0.25) is 14.2 Å². The second-order valence-corrected chi connectivity index (χ2v) is 8.74. The van der Waals surface area contributed by atoms with Crippen molar-refractivity contribution in [2.75, 3.05) is 11.1 Å². The molecule has 5 rings (SSSR count). The van der Waals surface area contributed by atoms with Gasteiger partial charge < -0.3 is 9.73 Å². The lowest BCUT2D eigenvalue weighted by Gasteiger charge is -2.13. The Balaban J connectivity index is 1.58. The molecule has 0 aliphatic carbocycles. The smallest absolute Gasteiger partial charge is 0.302 e. The molecule has 0 unspecified atom stereocenters. The van der Waals surface area contributed by atoms with Gasteiger partial charge in [-0.1, -0.05) is 54.2 Å². The highest BCUT2D eigenvalue weighted by Gasteiger charge is 2.20. The number of nitrogens with one attached hydrogen (secondary N) is 1. The molecule has 33 heavy (non-hydrogen) atoms. The van der Waals surface area contributed by atoms with E-state index in [0.29, 0.717) is 21.9 Å². The van der Waals surface area contributed by atoms with Gasteiger partial charge in [-0.2, -0.15) is 0 Å². The van der Waals surface area contributed by atoms with Crippen molar-refractivity contribution in [3.05, 3.63) is 94.3 Å². The number of amides is 1. The molecular weight excluding hydrogens is 434 g/mol. The highest BCUT2D eigenvalue weighted by atomic mass is 32.2. The van der Waals surface area contributed by atoms with E-state index < -0.39 is 0 Å². The van der Waals surface area contributed by atoms with E-state index in [9.17, 15) is 9.59 Å². The third-order valence-corrected chi connectivity index (χ3v) is 6.32. The number of nitrogens with zero attached hydrogens (tertiary/aromatic N) is 2. The topological polar surface area (TPSA) is 77.1 Å². The fourth-order valence-electron chi connectivity index (χ4n) is 3.74. The highest BCUT2D eigenvalue weighted by Crippen LogP contribution is 2.28. The molecule has 6 nitrogen and oxygen atoms in total. The summed E-state index contributed by atoms with van der Waals surface area (Å²) >= 11 is 1.22. The molecule has 2 heterocycles. The van der Waals surface area contributed by atoms with Crippen LogP contribution >= 0.6 is 11.8 Å². The zero-order valence-electron chi connectivity index (χ0n) is 18.2. The minimum atomic E-state index is -0.302. The molecule has 7 heteroatoms. The number of benzene rings is 3. The lowest BCUT2D eigenvalue weighted by atomic mass is 10.2. The first-order valence-electron chi connectivity index (χ1n) is 10.5. The van der Waals surface area contributed by atoms with Crippen molar-refractivity contribution in [1.29, 1.82) is 0 Å². The summed E-state index contributed by atoms with van der Waals surface area (Å²) in [4.78, 5) is 31.0. The van der Waals surface area contributed by atoms with Crippen LogP contribution in [0.5, 0.6) is 0 Å². The van der Waals surface area contributed by atoms with Crippen LogP contribution < -0.4 is 10.9 Å². The number of aryl methyl sites for hydroxylation is 2. The molecule has 0 fully saturated rings. The van der Waals surface area contributed by atoms with Crippen molar-refractivity contribution in [2.45, 2.75) is 19.0 Å². The number of para-hydroxylation sites is 2.